The van der Waals surface area contributed by atoms with E-state index in [0.717, 1.165) is 13.0 Å². The van der Waals surface area contributed by atoms with Crippen LogP contribution < -0.4 is 5.32 Å². The number of carboxylic acids is 1. The number of rotatable bonds is 7. The predicted molar refractivity (Wildman–Crippen MR) is 78.4 cm³/mol. The van der Waals surface area contributed by atoms with Crippen molar-refractivity contribution in [2.24, 2.45) is 0 Å². The summed E-state index contributed by atoms with van der Waals surface area (Å²) in [7, 11) is 0. The van der Waals surface area contributed by atoms with Gasteiger partial charge < -0.3 is 10.0 Å². The standard InChI is InChI=1S/C15H30N2O2/c1-12(2)16-15(4,14(18)19)9-7-11-17-10-6-5-8-13(17)3/h12-13,16H,5-11H2,1-4H3,(H,18,19). The summed E-state index contributed by atoms with van der Waals surface area (Å²) in [6.45, 7) is 10.3. The second-order valence-electron chi connectivity index (χ2n) is 6.42. The average molecular weight is 270 g/mol. The number of nitrogens with one attached hydrogen (secondary N) is 1. The fourth-order valence-electron chi connectivity index (χ4n) is 3.00. The van der Waals surface area contributed by atoms with Crippen molar-refractivity contribution in [3.8, 4) is 0 Å². The predicted octanol–water partition coefficient (Wildman–Crippen LogP) is 2.48. The third-order valence-corrected chi connectivity index (χ3v) is 4.14. The largest absolute Gasteiger partial charge is 0.480 e. The summed E-state index contributed by atoms with van der Waals surface area (Å²) in [5.74, 6) is -0.743. The lowest BCUT2D eigenvalue weighted by Crippen LogP contribution is -2.52. The first-order valence-electron chi connectivity index (χ1n) is 7.60. The fraction of sp³-hybridized carbons (Fsp3) is 0.933. The zero-order valence-electron chi connectivity index (χ0n) is 12.9. The van der Waals surface area contributed by atoms with Gasteiger partial charge in [0.15, 0.2) is 0 Å². The van der Waals surface area contributed by atoms with Gasteiger partial charge in [-0.05, 0) is 66.5 Å². The van der Waals surface area contributed by atoms with Crippen molar-refractivity contribution in [3.63, 3.8) is 0 Å². The number of carboxylic acid groups (broad SMARTS) is 1. The van der Waals surface area contributed by atoms with Crippen LogP contribution in [0.1, 0.15) is 59.8 Å². The molecule has 0 amide bonds. The van der Waals surface area contributed by atoms with Crippen molar-refractivity contribution >= 4 is 5.97 Å². The quantitative estimate of drug-likeness (QED) is 0.746. The van der Waals surface area contributed by atoms with Crippen molar-refractivity contribution in [2.75, 3.05) is 13.1 Å². The number of hydrogen-bond donors (Lipinski definition) is 2. The van der Waals surface area contributed by atoms with Gasteiger partial charge in [-0.25, -0.2) is 0 Å². The van der Waals surface area contributed by atoms with Crippen LogP contribution >= 0.6 is 0 Å². The summed E-state index contributed by atoms with van der Waals surface area (Å²) >= 11 is 0. The monoisotopic (exact) mass is 270 g/mol. The van der Waals surface area contributed by atoms with E-state index in [1.54, 1.807) is 6.92 Å². The van der Waals surface area contributed by atoms with Gasteiger partial charge in [0, 0.05) is 12.1 Å². The zero-order chi connectivity index (χ0) is 14.5. The number of hydrogen-bond acceptors (Lipinski definition) is 3. The van der Waals surface area contributed by atoms with Gasteiger partial charge in [0.1, 0.15) is 5.54 Å². The summed E-state index contributed by atoms with van der Waals surface area (Å²) in [5, 5.41) is 12.6. The Morgan fingerprint density at radius 1 is 1.47 bits per heavy atom. The van der Waals surface area contributed by atoms with E-state index >= 15 is 0 Å². The topological polar surface area (TPSA) is 52.6 Å². The lowest BCUT2D eigenvalue weighted by atomic mass is 9.94. The molecule has 1 rings (SSSR count). The number of likely N-dealkylation sites (tertiary alicyclic amines) is 1. The maximum atomic E-state index is 11.4. The molecular weight excluding hydrogens is 240 g/mol. The van der Waals surface area contributed by atoms with Crippen LogP contribution in [0.4, 0.5) is 0 Å². The van der Waals surface area contributed by atoms with E-state index < -0.39 is 11.5 Å². The lowest BCUT2D eigenvalue weighted by Gasteiger charge is -2.35. The highest BCUT2D eigenvalue weighted by atomic mass is 16.4. The summed E-state index contributed by atoms with van der Waals surface area (Å²) in [6, 6.07) is 0.845. The van der Waals surface area contributed by atoms with Crippen LogP contribution in [0.5, 0.6) is 0 Å². The van der Waals surface area contributed by atoms with Crippen molar-refractivity contribution in [1.29, 1.82) is 0 Å². The molecule has 1 saturated heterocycles. The van der Waals surface area contributed by atoms with Gasteiger partial charge in [-0.2, -0.15) is 0 Å². The summed E-state index contributed by atoms with van der Waals surface area (Å²) in [6.07, 6.45) is 5.52. The Morgan fingerprint density at radius 3 is 2.68 bits per heavy atom. The molecule has 0 aromatic carbocycles. The first-order chi connectivity index (χ1) is 8.85. The van der Waals surface area contributed by atoms with E-state index in [-0.39, 0.29) is 6.04 Å². The number of piperidine rings is 1. The highest BCUT2D eigenvalue weighted by molar-refractivity contribution is 5.78. The minimum atomic E-state index is -0.798. The van der Waals surface area contributed by atoms with Crippen molar-refractivity contribution < 1.29 is 9.90 Å². The molecule has 2 atom stereocenters. The van der Waals surface area contributed by atoms with Crippen LogP contribution in [0.15, 0.2) is 0 Å². The highest BCUT2D eigenvalue weighted by Gasteiger charge is 2.33. The van der Waals surface area contributed by atoms with Gasteiger partial charge in [-0.15, -0.1) is 0 Å². The fourth-order valence-corrected chi connectivity index (χ4v) is 3.00. The molecule has 0 saturated carbocycles. The first kappa shape index (κ1) is 16.4. The minimum Gasteiger partial charge on any atom is -0.480 e. The summed E-state index contributed by atoms with van der Waals surface area (Å²) in [5.41, 5.74) is -0.798. The molecule has 2 unspecified atom stereocenters. The molecule has 4 nitrogen and oxygen atoms in total. The van der Waals surface area contributed by atoms with Crippen molar-refractivity contribution in [2.45, 2.75) is 77.4 Å². The second-order valence-corrected chi connectivity index (χ2v) is 6.42. The maximum absolute atomic E-state index is 11.4. The summed E-state index contributed by atoms with van der Waals surface area (Å²) in [4.78, 5) is 13.9. The second kappa shape index (κ2) is 7.25. The van der Waals surface area contributed by atoms with Crippen LogP contribution in [0, 0.1) is 0 Å². The van der Waals surface area contributed by atoms with E-state index in [1.165, 1.54) is 25.8 Å². The average Bonchev–Trinajstić information content (AvgIpc) is 2.30. The number of nitrogens with zero attached hydrogens (tertiary/aromatic N) is 1. The van der Waals surface area contributed by atoms with E-state index in [9.17, 15) is 9.90 Å². The van der Waals surface area contributed by atoms with Crippen molar-refractivity contribution in [3.05, 3.63) is 0 Å². The Bertz CT molecular complexity index is 294. The minimum absolute atomic E-state index is 0.190. The molecule has 1 aliphatic heterocycles. The third-order valence-electron chi connectivity index (χ3n) is 4.14. The Labute approximate surface area is 117 Å². The van der Waals surface area contributed by atoms with Gasteiger partial charge in [-0.1, -0.05) is 6.42 Å². The molecule has 0 aromatic rings. The van der Waals surface area contributed by atoms with Gasteiger partial charge >= 0.3 is 5.97 Å². The molecule has 0 spiro atoms. The smallest absolute Gasteiger partial charge is 0.323 e. The van der Waals surface area contributed by atoms with E-state index in [2.05, 4.69) is 17.1 Å². The molecule has 0 aliphatic carbocycles. The van der Waals surface area contributed by atoms with Crippen LogP contribution in [0.2, 0.25) is 0 Å². The molecule has 4 heteroatoms. The highest BCUT2D eigenvalue weighted by Crippen LogP contribution is 2.19. The lowest BCUT2D eigenvalue weighted by molar-refractivity contribution is -0.144. The van der Waals surface area contributed by atoms with Gasteiger partial charge in [-0.3, -0.25) is 10.1 Å². The van der Waals surface area contributed by atoms with E-state index in [0.29, 0.717) is 12.5 Å². The molecule has 1 aliphatic rings. The molecule has 0 bridgehead atoms. The normalized spacial score (nSPS) is 24.4. The molecule has 19 heavy (non-hydrogen) atoms. The number of aliphatic carboxylic acids is 1. The Hall–Kier alpha value is -0.610. The molecule has 0 aromatic heterocycles. The van der Waals surface area contributed by atoms with Crippen LogP contribution in [-0.2, 0) is 4.79 Å². The van der Waals surface area contributed by atoms with Crippen LogP contribution in [0.25, 0.3) is 0 Å². The van der Waals surface area contributed by atoms with Crippen molar-refractivity contribution in [1.82, 2.24) is 10.2 Å². The first-order valence-corrected chi connectivity index (χ1v) is 7.60. The third kappa shape index (κ3) is 5.11. The molecule has 2 N–H and O–H groups in total. The Kier molecular flexibility index (Phi) is 6.27. The molecular formula is C15H30N2O2. The van der Waals surface area contributed by atoms with Crippen LogP contribution in [0.3, 0.4) is 0 Å². The van der Waals surface area contributed by atoms with Gasteiger partial charge in [0.2, 0.25) is 0 Å². The molecule has 0 radical (unpaired) electrons. The molecule has 1 fully saturated rings. The van der Waals surface area contributed by atoms with E-state index in [4.69, 9.17) is 0 Å². The van der Waals surface area contributed by atoms with Gasteiger partial charge in [0.05, 0.1) is 0 Å². The SMILES string of the molecule is CC(C)NC(C)(CCCN1CCCCC1C)C(=O)O. The Morgan fingerprint density at radius 2 is 2.16 bits per heavy atom. The zero-order valence-corrected chi connectivity index (χ0v) is 12.9. The van der Waals surface area contributed by atoms with Gasteiger partial charge in [0.25, 0.3) is 0 Å². The number of carbonyl (C=O) groups is 1. The van der Waals surface area contributed by atoms with E-state index in [1.807, 2.05) is 13.8 Å². The molecule has 112 valence electrons. The Balaban J connectivity index is 2.41. The summed E-state index contributed by atoms with van der Waals surface area (Å²) < 4.78 is 0. The van der Waals surface area contributed by atoms with Crippen LogP contribution in [-0.4, -0.2) is 46.7 Å². The maximum Gasteiger partial charge on any atom is 0.323 e. The molecule has 1 heterocycles.